The Kier molecular flexibility index (Phi) is 4.23. The molecular formula is C14H10BrN3O2. The maximum Gasteiger partial charge on any atom is 0.323 e. The fourth-order valence-electron chi connectivity index (χ4n) is 1.57. The Morgan fingerprint density at radius 2 is 1.75 bits per heavy atom. The van der Waals surface area contributed by atoms with Gasteiger partial charge in [-0.3, -0.25) is 0 Å². The predicted octanol–water partition coefficient (Wildman–Crippen LogP) is 3.67. The average Bonchev–Trinajstić information content (AvgIpc) is 2.44. The van der Waals surface area contributed by atoms with E-state index in [0.717, 1.165) is 4.47 Å². The first-order chi connectivity index (χ1) is 9.61. The van der Waals surface area contributed by atoms with Crippen molar-refractivity contribution in [2.24, 2.45) is 0 Å². The van der Waals surface area contributed by atoms with Crippen molar-refractivity contribution in [1.29, 1.82) is 5.26 Å². The first-order valence-electron chi connectivity index (χ1n) is 5.66. The minimum Gasteiger partial charge on any atom is -0.504 e. The molecule has 3 N–H and O–H groups in total. The summed E-state index contributed by atoms with van der Waals surface area (Å²) in [6.07, 6.45) is 0. The number of amides is 2. The number of nitrogens with one attached hydrogen (secondary N) is 2. The summed E-state index contributed by atoms with van der Waals surface area (Å²) in [7, 11) is 0. The number of rotatable bonds is 2. The van der Waals surface area contributed by atoms with E-state index in [1.54, 1.807) is 24.3 Å². The summed E-state index contributed by atoms with van der Waals surface area (Å²) < 4.78 is 0.741. The maximum atomic E-state index is 11.8. The lowest BCUT2D eigenvalue weighted by atomic mass is 10.2. The van der Waals surface area contributed by atoms with Gasteiger partial charge < -0.3 is 15.7 Å². The van der Waals surface area contributed by atoms with E-state index in [-0.39, 0.29) is 17.0 Å². The van der Waals surface area contributed by atoms with Crippen LogP contribution in [-0.4, -0.2) is 11.1 Å². The normalized spacial score (nSPS) is 9.60. The molecule has 2 rings (SSSR count). The van der Waals surface area contributed by atoms with Crippen LogP contribution in [0.15, 0.2) is 46.9 Å². The number of benzene rings is 2. The van der Waals surface area contributed by atoms with Gasteiger partial charge in [-0.1, -0.05) is 18.2 Å². The standard InChI is InChI=1S/C14H10BrN3O2/c15-10-5-1-2-6-11(10)17-14(20)18-12-7-3-4-9(8-16)13(12)19/h1-7,19H,(H2,17,18,20). The largest absolute Gasteiger partial charge is 0.504 e. The number of hydrogen-bond donors (Lipinski definition) is 3. The molecule has 0 unspecified atom stereocenters. The number of para-hydroxylation sites is 2. The number of nitriles is 1. The van der Waals surface area contributed by atoms with Gasteiger partial charge in [-0.25, -0.2) is 4.79 Å². The summed E-state index contributed by atoms with van der Waals surface area (Å²) in [5, 5.41) is 23.7. The van der Waals surface area contributed by atoms with Crippen LogP contribution in [0.5, 0.6) is 5.75 Å². The van der Waals surface area contributed by atoms with E-state index in [0.29, 0.717) is 5.69 Å². The lowest BCUT2D eigenvalue weighted by molar-refractivity contribution is 0.262. The molecule has 100 valence electrons. The van der Waals surface area contributed by atoms with E-state index >= 15 is 0 Å². The molecule has 20 heavy (non-hydrogen) atoms. The Morgan fingerprint density at radius 1 is 1.10 bits per heavy atom. The highest BCUT2D eigenvalue weighted by Gasteiger charge is 2.10. The highest BCUT2D eigenvalue weighted by Crippen LogP contribution is 2.27. The summed E-state index contributed by atoms with van der Waals surface area (Å²) in [4.78, 5) is 11.8. The van der Waals surface area contributed by atoms with Crippen molar-refractivity contribution in [3.63, 3.8) is 0 Å². The van der Waals surface area contributed by atoms with E-state index in [1.807, 2.05) is 12.1 Å². The van der Waals surface area contributed by atoms with Gasteiger partial charge in [0.25, 0.3) is 0 Å². The minimum absolute atomic E-state index is 0.101. The van der Waals surface area contributed by atoms with Crippen LogP contribution >= 0.6 is 15.9 Å². The second-order valence-electron chi connectivity index (χ2n) is 3.87. The molecule has 0 spiro atoms. The third kappa shape index (κ3) is 3.08. The highest BCUT2D eigenvalue weighted by atomic mass is 79.9. The van der Waals surface area contributed by atoms with Gasteiger partial charge in [-0.15, -0.1) is 0 Å². The van der Waals surface area contributed by atoms with Crippen molar-refractivity contribution in [3.8, 4) is 11.8 Å². The number of halogens is 1. The molecule has 0 aliphatic rings. The van der Waals surface area contributed by atoms with Gasteiger partial charge in [0, 0.05) is 4.47 Å². The molecule has 0 saturated heterocycles. The van der Waals surface area contributed by atoms with Crippen molar-refractivity contribution >= 4 is 33.3 Å². The lowest BCUT2D eigenvalue weighted by Crippen LogP contribution is -2.19. The monoisotopic (exact) mass is 331 g/mol. The number of carbonyl (C=O) groups excluding carboxylic acids is 1. The second-order valence-corrected chi connectivity index (χ2v) is 4.73. The van der Waals surface area contributed by atoms with Crippen LogP contribution in [0.1, 0.15) is 5.56 Å². The van der Waals surface area contributed by atoms with E-state index < -0.39 is 6.03 Å². The number of anilines is 2. The maximum absolute atomic E-state index is 11.8. The molecule has 0 aromatic heterocycles. The van der Waals surface area contributed by atoms with Crippen LogP contribution in [-0.2, 0) is 0 Å². The van der Waals surface area contributed by atoms with Crippen molar-refractivity contribution < 1.29 is 9.90 Å². The van der Waals surface area contributed by atoms with Crippen LogP contribution in [0.4, 0.5) is 16.2 Å². The first-order valence-corrected chi connectivity index (χ1v) is 6.45. The van der Waals surface area contributed by atoms with E-state index in [9.17, 15) is 9.90 Å². The highest BCUT2D eigenvalue weighted by molar-refractivity contribution is 9.10. The van der Waals surface area contributed by atoms with E-state index in [1.165, 1.54) is 12.1 Å². The second kappa shape index (κ2) is 6.08. The first kappa shape index (κ1) is 13.9. The summed E-state index contributed by atoms with van der Waals surface area (Å²) in [5.41, 5.74) is 0.873. The number of aromatic hydroxyl groups is 1. The van der Waals surface area contributed by atoms with Crippen molar-refractivity contribution in [2.75, 3.05) is 10.6 Å². The van der Waals surface area contributed by atoms with Crippen LogP contribution in [0, 0.1) is 11.3 Å². The van der Waals surface area contributed by atoms with Gasteiger partial charge in [0.2, 0.25) is 0 Å². The number of phenolic OH excluding ortho intramolecular Hbond substituents is 1. The van der Waals surface area contributed by atoms with Gasteiger partial charge in [0.15, 0.2) is 5.75 Å². The SMILES string of the molecule is N#Cc1cccc(NC(=O)Nc2ccccc2Br)c1O. The number of urea groups is 1. The molecule has 6 heteroatoms. The Hall–Kier alpha value is -2.52. The third-order valence-corrected chi connectivity index (χ3v) is 3.22. The molecular weight excluding hydrogens is 322 g/mol. The zero-order chi connectivity index (χ0) is 14.5. The molecule has 2 aromatic carbocycles. The summed E-state index contributed by atoms with van der Waals surface area (Å²) in [6, 6.07) is 13.0. The number of nitrogens with zero attached hydrogens (tertiary/aromatic N) is 1. The molecule has 0 aliphatic carbocycles. The summed E-state index contributed by atoms with van der Waals surface area (Å²) in [6.45, 7) is 0. The predicted molar refractivity (Wildman–Crippen MR) is 79.6 cm³/mol. The Balaban J connectivity index is 2.14. The van der Waals surface area contributed by atoms with Gasteiger partial charge in [-0.05, 0) is 40.2 Å². The smallest absolute Gasteiger partial charge is 0.323 e. The van der Waals surface area contributed by atoms with E-state index in [4.69, 9.17) is 5.26 Å². The number of hydrogen-bond acceptors (Lipinski definition) is 3. The molecule has 0 aliphatic heterocycles. The Morgan fingerprint density at radius 3 is 2.45 bits per heavy atom. The molecule has 0 bridgehead atoms. The van der Waals surface area contributed by atoms with Crippen molar-refractivity contribution in [2.45, 2.75) is 0 Å². The van der Waals surface area contributed by atoms with Crippen LogP contribution in [0.25, 0.3) is 0 Å². The Bertz CT molecular complexity index is 695. The molecule has 0 fully saturated rings. The lowest BCUT2D eigenvalue weighted by Gasteiger charge is -2.10. The molecule has 0 heterocycles. The van der Waals surface area contributed by atoms with Crippen LogP contribution < -0.4 is 10.6 Å². The van der Waals surface area contributed by atoms with Gasteiger partial charge in [0.05, 0.1) is 16.9 Å². The molecule has 5 nitrogen and oxygen atoms in total. The van der Waals surface area contributed by atoms with E-state index in [2.05, 4.69) is 26.6 Å². The number of phenols is 1. The fourth-order valence-corrected chi connectivity index (χ4v) is 1.96. The van der Waals surface area contributed by atoms with Crippen LogP contribution in [0.2, 0.25) is 0 Å². The summed E-state index contributed by atoms with van der Waals surface area (Å²) >= 11 is 3.31. The van der Waals surface area contributed by atoms with Crippen LogP contribution in [0.3, 0.4) is 0 Å². The molecule has 0 saturated carbocycles. The van der Waals surface area contributed by atoms with Gasteiger partial charge in [0.1, 0.15) is 6.07 Å². The molecule has 0 atom stereocenters. The zero-order valence-electron chi connectivity index (χ0n) is 10.2. The topological polar surface area (TPSA) is 85.2 Å². The summed E-state index contributed by atoms with van der Waals surface area (Å²) in [5.74, 6) is -0.253. The van der Waals surface area contributed by atoms with Gasteiger partial charge >= 0.3 is 6.03 Å². The Labute approximate surface area is 124 Å². The third-order valence-electron chi connectivity index (χ3n) is 2.53. The minimum atomic E-state index is -0.512. The number of carbonyl (C=O) groups is 1. The van der Waals surface area contributed by atoms with Crippen molar-refractivity contribution in [1.82, 2.24) is 0 Å². The molecule has 2 amide bonds. The van der Waals surface area contributed by atoms with Gasteiger partial charge in [-0.2, -0.15) is 5.26 Å². The van der Waals surface area contributed by atoms with Crippen molar-refractivity contribution in [3.05, 3.63) is 52.5 Å². The fraction of sp³-hybridized carbons (Fsp3) is 0. The molecule has 2 aromatic rings. The molecule has 0 radical (unpaired) electrons. The average molecular weight is 332 g/mol. The zero-order valence-corrected chi connectivity index (χ0v) is 11.8. The quantitative estimate of drug-likeness (QED) is 0.734.